The maximum Gasteiger partial charge on any atom is 0.0450 e. The van der Waals surface area contributed by atoms with Crippen LogP contribution in [0.3, 0.4) is 0 Å². The summed E-state index contributed by atoms with van der Waals surface area (Å²) in [5, 5.41) is 7.87. The number of anilines is 1. The van der Waals surface area contributed by atoms with E-state index in [-0.39, 0.29) is 0 Å². The predicted octanol–water partition coefficient (Wildman–Crippen LogP) is 3.06. The third kappa shape index (κ3) is 2.17. The first-order valence-corrected chi connectivity index (χ1v) is 6.41. The van der Waals surface area contributed by atoms with Crippen LogP contribution >= 0.6 is 23.1 Å². The molecule has 2 heterocycles. The van der Waals surface area contributed by atoms with E-state index in [1.807, 2.05) is 0 Å². The van der Waals surface area contributed by atoms with Gasteiger partial charge in [-0.15, -0.1) is 0 Å². The van der Waals surface area contributed by atoms with Crippen molar-refractivity contribution in [2.75, 3.05) is 16.8 Å². The Morgan fingerprint density at radius 3 is 2.83 bits per heavy atom. The molecule has 1 aromatic heterocycles. The first-order valence-electron chi connectivity index (χ1n) is 4.31. The van der Waals surface area contributed by atoms with Crippen molar-refractivity contribution in [2.24, 2.45) is 0 Å². The molecule has 1 saturated heterocycles. The van der Waals surface area contributed by atoms with Gasteiger partial charge in [0.05, 0.1) is 0 Å². The van der Waals surface area contributed by atoms with Crippen LogP contribution < -0.4 is 5.32 Å². The smallest absolute Gasteiger partial charge is 0.0450 e. The summed E-state index contributed by atoms with van der Waals surface area (Å²) in [6.07, 6.45) is 2.64. The zero-order valence-corrected chi connectivity index (χ0v) is 8.59. The third-order valence-corrected chi connectivity index (χ3v) is 3.85. The zero-order valence-electron chi connectivity index (χ0n) is 6.95. The molecule has 0 spiro atoms. The summed E-state index contributed by atoms with van der Waals surface area (Å²) in [4.78, 5) is 0. The molecule has 0 bridgehead atoms. The molecule has 1 aromatic rings. The fourth-order valence-corrected chi connectivity index (χ4v) is 3.13. The Morgan fingerprint density at radius 2 is 2.17 bits per heavy atom. The van der Waals surface area contributed by atoms with Gasteiger partial charge < -0.3 is 5.32 Å². The lowest BCUT2D eigenvalue weighted by molar-refractivity contribution is 0.667. The van der Waals surface area contributed by atoms with Crippen LogP contribution in [0.1, 0.15) is 12.8 Å². The molecule has 0 aromatic carbocycles. The van der Waals surface area contributed by atoms with Crippen molar-refractivity contribution in [3.05, 3.63) is 16.8 Å². The van der Waals surface area contributed by atoms with E-state index < -0.39 is 0 Å². The zero-order chi connectivity index (χ0) is 8.23. The Hall–Kier alpha value is -0.150. The van der Waals surface area contributed by atoms with E-state index in [1.54, 1.807) is 11.3 Å². The Balaban J connectivity index is 1.86. The van der Waals surface area contributed by atoms with Crippen LogP contribution in [0.5, 0.6) is 0 Å². The minimum absolute atomic E-state index is 0.723. The van der Waals surface area contributed by atoms with Crippen molar-refractivity contribution in [1.82, 2.24) is 0 Å². The van der Waals surface area contributed by atoms with E-state index in [0.29, 0.717) is 0 Å². The molecule has 3 heteroatoms. The molecule has 2 rings (SSSR count). The van der Waals surface area contributed by atoms with Gasteiger partial charge in [0.15, 0.2) is 0 Å². The van der Waals surface area contributed by atoms with Crippen LogP contribution in [0.2, 0.25) is 0 Å². The van der Waals surface area contributed by atoms with Crippen molar-refractivity contribution in [2.45, 2.75) is 18.9 Å². The lowest BCUT2D eigenvalue weighted by atomic mass is 10.1. The summed E-state index contributed by atoms with van der Waals surface area (Å²) < 4.78 is 0. The van der Waals surface area contributed by atoms with Gasteiger partial charge in [0.2, 0.25) is 0 Å². The minimum Gasteiger partial charge on any atom is -0.382 e. The van der Waals surface area contributed by atoms with Crippen LogP contribution in [0.15, 0.2) is 16.8 Å². The van der Waals surface area contributed by atoms with Gasteiger partial charge in [-0.1, -0.05) is 0 Å². The molecule has 0 saturated carbocycles. The van der Waals surface area contributed by atoms with E-state index in [9.17, 15) is 0 Å². The first kappa shape index (κ1) is 8.45. The molecule has 0 atom stereocenters. The number of thiophene rings is 1. The fraction of sp³-hybridized carbons (Fsp3) is 0.556. The topological polar surface area (TPSA) is 12.0 Å². The molecule has 0 unspecified atom stereocenters. The fourth-order valence-electron chi connectivity index (χ4n) is 1.42. The minimum atomic E-state index is 0.723. The highest BCUT2D eigenvalue weighted by Gasteiger charge is 2.12. The molecule has 1 aliphatic rings. The van der Waals surface area contributed by atoms with Crippen LogP contribution in [0, 0.1) is 0 Å². The van der Waals surface area contributed by atoms with Gasteiger partial charge in [0.1, 0.15) is 0 Å². The van der Waals surface area contributed by atoms with Crippen molar-refractivity contribution >= 4 is 28.8 Å². The monoisotopic (exact) mass is 199 g/mol. The van der Waals surface area contributed by atoms with Crippen molar-refractivity contribution in [1.29, 1.82) is 0 Å². The average Bonchev–Trinajstić information content (AvgIpc) is 2.59. The van der Waals surface area contributed by atoms with Crippen LogP contribution in [0.4, 0.5) is 5.69 Å². The van der Waals surface area contributed by atoms with E-state index in [4.69, 9.17) is 0 Å². The van der Waals surface area contributed by atoms with Gasteiger partial charge in [-0.05, 0) is 35.8 Å². The lowest BCUT2D eigenvalue weighted by Crippen LogP contribution is -2.24. The molecule has 1 aliphatic heterocycles. The summed E-state index contributed by atoms with van der Waals surface area (Å²) >= 11 is 3.83. The first-order chi connectivity index (χ1) is 5.95. The summed E-state index contributed by atoms with van der Waals surface area (Å²) in [7, 11) is 0. The van der Waals surface area contributed by atoms with Gasteiger partial charge in [0, 0.05) is 17.1 Å². The maximum absolute atomic E-state index is 3.56. The number of thioether (sulfide) groups is 1. The highest BCUT2D eigenvalue weighted by Crippen LogP contribution is 2.21. The van der Waals surface area contributed by atoms with Gasteiger partial charge >= 0.3 is 0 Å². The molecular weight excluding hydrogens is 186 g/mol. The molecular formula is C9H13NS2. The second-order valence-corrected chi connectivity index (χ2v) is 5.05. The SMILES string of the molecule is c1cc(NC2CCSCC2)cs1. The molecule has 0 radical (unpaired) electrons. The standard InChI is InChI=1S/C9H13NS2/c1-4-11-5-2-8(1)10-9-3-6-12-7-9/h3,6-8,10H,1-2,4-5H2. The molecule has 66 valence electrons. The summed E-state index contributed by atoms with van der Waals surface area (Å²) in [5.74, 6) is 2.64. The largest absolute Gasteiger partial charge is 0.382 e. The molecule has 0 aliphatic carbocycles. The van der Waals surface area contributed by atoms with Gasteiger partial charge in [0.25, 0.3) is 0 Å². The van der Waals surface area contributed by atoms with E-state index in [2.05, 4.69) is 33.9 Å². The third-order valence-electron chi connectivity index (χ3n) is 2.11. The second kappa shape index (κ2) is 4.19. The summed E-state index contributed by atoms with van der Waals surface area (Å²) in [6, 6.07) is 2.88. The highest BCUT2D eigenvalue weighted by molar-refractivity contribution is 7.99. The van der Waals surface area contributed by atoms with Crippen molar-refractivity contribution in [3.8, 4) is 0 Å². The Kier molecular flexibility index (Phi) is 2.95. The van der Waals surface area contributed by atoms with E-state index in [0.717, 1.165) is 6.04 Å². The van der Waals surface area contributed by atoms with Gasteiger partial charge in [-0.2, -0.15) is 23.1 Å². The van der Waals surface area contributed by atoms with Crippen molar-refractivity contribution in [3.63, 3.8) is 0 Å². The van der Waals surface area contributed by atoms with Crippen LogP contribution in [-0.2, 0) is 0 Å². The normalized spacial score (nSPS) is 19.3. The highest BCUT2D eigenvalue weighted by atomic mass is 32.2. The number of hydrogen-bond acceptors (Lipinski definition) is 3. The van der Waals surface area contributed by atoms with Crippen molar-refractivity contribution < 1.29 is 0 Å². The van der Waals surface area contributed by atoms with Crippen LogP contribution in [0.25, 0.3) is 0 Å². The lowest BCUT2D eigenvalue weighted by Gasteiger charge is -2.22. The number of rotatable bonds is 2. The number of hydrogen-bond donors (Lipinski definition) is 1. The second-order valence-electron chi connectivity index (χ2n) is 3.04. The predicted molar refractivity (Wildman–Crippen MR) is 58.3 cm³/mol. The molecule has 12 heavy (non-hydrogen) atoms. The van der Waals surface area contributed by atoms with E-state index >= 15 is 0 Å². The Labute approximate surface area is 81.6 Å². The van der Waals surface area contributed by atoms with Gasteiger partial charge in [-0.25, -0.2) is 0 Å². The average molecular weight is 199 g/mol. The molecule has 0 amide bonds. The maximum atomic E-state index is 3.56. The Bertz CT molecular complexity index is 214. The Morgan fingerprint density at radius 1 is 1.33 bits per heavy atom. The summed E-state index contributed by atoms with van der Waals surface area (Å²) in [5.41, 5.74) is 1.30. The molecule has 1 nitrogen and oxygen atoms in total. The molecule has 1 N–H and O–H groups in total. The quantitative estimate of drug-likeness (QED) is 0.785. The molecule has 1 fully saturated rings. The summed E-state index contributed by atoms with van der Waals surface area (Å²) in [6.45, 7) is 0. The number of nitrogens with one attached hydrogen (secondary N) is 1. The van der Waals surface area contributed by atoms with E-state index in [1.165, 1.54) is 30.0 Å². The van der Waals surface area contributed by atoms with Gasteiger partial charge in [-0.3, -0.25) is 0 Å². The van der Waals surface area contributed by atoms with Crippen LogP contribution in [-0.4, -0.2) is 17.5 Å².